The Hall–Kier alpha value is -2.60. The number of amides is 2. The molecule has 0 aliphatic carbocycles. The number of hydrogen-bond donors (Lipinski definition) is 4. The molecule has 2 aromatic carbocycles. The second-order valence-corrected chi connectivity index (χ2v) is 5.61. The molecular formula is C15H14N4OS. The van der Waals surface area contributed by atoms with Crippen LogP contribution >= 0.6 is 11.8 Å². The fourth-order valence-electron chi connectivity index (χ4n) is 2.04. The number of hydrazine groups is 1. The number of benzene rings is 2. The molecule has 0 saturated carbocycles. The lowest BCUT2D eigenvalue weighted by Gasteiger charge is -2.21. The van der Waals surface area contributed by atoms with Crippen molar-refractivity contribution in [3.8, 4) is 0 Å². The number of rotatable bonds is 3. The Morgan fingerprint density at radius 2 is 1.86 bits per heavy atom. The van der Waals surface area contributed by atoms with E-state index in [4.69, 9.17) is 5.73 Å². The van der Waals surface area contributed by atoms with Crippen molar-refractivity contribution >= 4 is 34.9 Å². The van der Waals surface area contributed by atoms with E-state index in [1.807, 2.05) is 36.4 Å². The van der Waals surface area contributed by atoms with Gasteiger partial charge >= 0.3 is 6.03 Å². The largest absolute Gasteiger partial charge is 0.354 e. The van der Waals surface area contributed by atoms with E-state index >= 15 is 0 Å². The Morgan fingerprint density at radius 1 is 1.10 bits per heavy atom. The highest BCUT2D eigenvalue weighted by molar-refractivity contribution is 7.99. The van der Waals surface area contributed by atoms with Crippen LogP contribution in [-0.2, 0) is 0 Å². The summed E-state index contributed by atoms with van der Waals surface area (Å²) in [6.07, 6.45) is 0. The molecule has 3 rings (SSSR count). The van der Waals surface area contributed by atoms with Gasteiger partial charge in [0, 0.05) is 15.4 Å². The zero-order chi connectivity index (χ0) is 14.8. The fourth-order valence-corrected chi connectivity index (χ4v) is 3.00. The Bertz CT molecular complexity index is 729. The SMILES string of the molecule is C=C(NNC(N)=O)c1ccc2c(c1)Nc1ccccc1S2. The van der Waals surface area contributed by atoms with Crippen molar-refractivity contribution in [3.05, 3.63) is 54.6 Å². The van der Waals surface area contributed by atoms with Crippen molar-refractivity contribution < 1.29 is 4.79 Å². The van der Waals surface area contributed by atoms with E-state index in [-0.39, 0.29) is 0 Å². The summed E-state index contributed by atoms with van der Waals surface area (Å²) in [5.41, 5.74) is 13.5. The summed E-state index contributed by atoms with van der Waals surface area (Å²) in [5, 5.41) is 3.40. The fraction of sp³-hybridized carbons (Fsp3) is 0. The van der Waals surface area contributed by atoms with Crippen LogP contribution in [0, 0.1) is 0 Å². The number of carbonyl (C=O) groups is 1. The maximum absolute atomic E-state index is 10.7. The second kappa shape index (κ2) is 5.41. The van der Waals surface area contributed by atoms with Gasteiger partial charge in [-0.25, -0.2) is 4.79 Å². The Balaban J connectivity index is 1.83. The van der Waals surface area contributed by atoms with Gasteiger partial charge in [0.2, 0.25) is 0 Å². The maximum Gasteiger partial charge on any atom is 0.330 e. The number of carbonyl (C=O) groups excluding carboxylic acids is 1. The minimum Gasteiger partial charge on any atom is -0.354 e. The van der Waals surface area contributed by atoms with Crippen molar-refractivity contribution in [2.45, 2.75) is 9.79 Å². The van der Waals surface area contributed by atoms with Gasteiger partial charge in [-0.2, -0.15) is 0 Å². The molecule has 1 aliphatic heterocycles. The van der Waals surface area contributed by atoms with Crippen LogP contribution in [0.25, 0.3) is 5.70 Å². The highest BCUT2D eigenvalue weighted by Gasteiger charge is 2.15. The van der Waals surface area contributed by atoms with E-state index in [2.05, 4.69) is 28.8 Å². The van der Waals surface area contributed by atoms with Gasteiger partial charge in [-0.05, 0) is 24.3 Å². The van der Waals surface area contributed by atoms with Gasteiger partial charge in [-0.1, -0.05) is 36.5 Å². The second-order valence-electron chi connectivity index (χ2n) is 4.53. The quantitative estimate of drug-likeness (QED) is 0.560. The van der Waals surface area contributed by atoms with Crippen molar-refractivity contribution in [2.24, 2.45) is 5.73 Å². The summed E-state index contributed by atoms with van der Waals surface area (Å²) in [6.45, 7) is 3.87. The summed E-state index contributed by atoms with van der Waals surface area (Å²) in [7, 11) is 0. The first-order valence-electron chi connectivity index (χ1n) is 6.32. The molecule has 5 N–H and O–H groups in total. The summed E-state index contributed by atoms with van der Waals surface area (Å²) < 4.78 is 0. The summed E-state index contributed by atoms with van der Waals surface area (Å²) >= 11 is 1.72. The minimum absolute atomic E-state index is 0.572. The molecule has 2 amide bonds. The van der Waals surface area contributed by atoms with Gasteiger partial charge in [-0.3, -0.25) is 10.9 Å². The van der Waals surface area contributed by atoms with E-state index in [0.717, 1.165) is 21.8 Å². The average molecular weight is 298 g/mol. The molecule has 0 fully saturated rings. The molecule has 1 aliphatic rings. The summed E-state index contributed by atoms with van der Waals surface area (Å²) in [6, 6.07) is 13.4. The standard InChI is InChI=1S/C15H14N4OS/c1-9(18-19-15(16)20)10-6-7-14-12(8-10)17-11-4-2-3-5-13(11)21-14/h2-8,17-18H,1H2,(H3,16,19,20). The molecule has 0 atom stereocenters. The van der Waals surface area contributed by atoms with Crippen LogP contribution in [0.4, 0.5) is 16.2 Å². The molecule has 0 unspecified atom stereocenters. The van der Waals surface area contributed by atoms with E-state index in [0.29, 0.717) is 5.70 Å². The lowest BCUT2D eigenvalue weighted by atomic mass is 10.1. The molecule has 6 heteroatoms. The van der Waals surface area contributed by atoms with Crippen LogP contribution in [0.5, 0.6) is 0 Å². The Kier molecular flexibility index (Phi) is 3.45. The van der Waals surface area contributed by atoms with Gasteiger partial charge in [0.25, 0.3) is 0 Å². The number of fused-ring (bicyclic) bond motifs is 2. The maximum atomic E-state index is 10.7. The van der Waals surface area contributed by atoms with Gasteiger partial charge in [0.15, 0.2) is 0 Å². The molecule has 21 heavy (non-hydrogen) atoms. The van der Waals surface area contributed by atoms with E-state index in [1.54, 1.807) is 11.8 Å². The number of hydrogen-bond acceptors (Lipinski definition) is 4. The van der Waals surface area contributed by atoms with E-state index < -0.39 is 6.03 Å². The molecule has 0 spiro atoms. The topological polar surface area (TPSA) is 79.2 Å². The Morgan fingerprint density at radius 3 is 2.67 bits per heavy atom. The van der Waals surface area contributed by atoms with Crippen molar-refractivity contribution in [1.29, 1.82) is 0 Å². The summed E-state index contributed by atoms with van der Waals surface area (Å²) in [5.74, 6) is 0. The number of para-hydroxylation sites is 1. The van der Waals surface area contributed by atoms with Crippen LogP contribution in [0.1, 0.15) is 5.56 Å². The third kappa shape index (κ3) is 2.80. The monoisotopic (exact) mass is 298 g/mol. The smallest absolute Gasteiger partial charge is 0.330 e. The number of primary amides is 1. The molecule has 106 valence electrons. The molecule has 2 aromatic rings. The Labute approximate surface area is 126 Å². The van der Waals surface area contributed by atoms with Crippen molar-refractivity contribution in [3.63, 3.8) is 0 Å². The molecule has 0 saturated heterocycles. The van der Waals surface area contributed by atoms with Crippen LogP contribution in [0.15, 0.2) is 58.8 Å². The predicted molar refractivity (Wildman–Crippen MR) is 85.2 cm³/mol. The zero-order valence-electron chi connectivity index (χ0n) is 11.1. The zero-order valence-corrected chi connectivity index (χ0v) is 12.0. The first kappa shape index (κ1) is 13.4. The summed E-state index contributed by atoms with van der Waals surface area (Å²) in [4.78, 5) is 13.0. The molecule has 5 nitrogen and oxygen atoms in total. The van der Waals surface area contributed by atoms with E-state index in [1.165, 1.54) is 4.90 Å². The lowest BCUT2D eigenvalue weighted by molar-refractivity contribution is 0.247. The predicted octanol–water partition coefficient (Wildman–Crippen LogP) is 3.04. The van der Waals surface area contributed by atoms with Crippen LogP contribution in [0.3, 0.4) is 0 Å². The normalized spacial score (nSPS) is 11.6. The third-order valence-electron chi connectivity index (χ3n) is 3.04. The average Bonchev–Trinajstić information content (AvgIpc) is 2.50. The highest BCUT2D eigenvalue weighted by Crippen LogP contribution is 2.44. The van der Waals surface area contributed by atoms with Gasteiger partial charge in [0.1, 0.15) is 0 Å². The van der Waals surface area contributed by atoms with Crippen molar-refractivity contribution in [1.82, 2.24) is 10.9 Å². The molecule has 0 radical (unpaired) electrons. The molecule has 0 aromatic heterocycles. The van der Waals surface area contributed by atoms with Crippen LogP contribution in [-0.4, -0.2) is 6.03 Å². The van der Waals surface area contributed by atoms with Gasteiger partial charge in [-0.15, -0.1) is 0 Å². The first-order chi connectivity index (χ1) is 10.1. The third-order valence-corrected chi connectivity index (χ3v) is 4.19. The number of urea groups is 1. The van der Waals surface area contributed by atoms with Gasteiger partial charge in [0.05, 0.1) is 17.1 Å². The molecular weight excluding hydrogens is 284 g/mol. The highest BCUT2D eigenvalue weighted by atomic mass is 32.2. The van der Waals surface area contributed by atoms with E-state index in [9.17, 15) is 4.79 Å². The molecule has 1 heterocycles. The number of anilines is 2. The number of nitrogens with two attached hydrogens (primary N) is 1. The van der Waals surface area contributed by atoms with Crippen molar-refractivity contribution in [2.75, 3.05) is 5.32 Å². The van der Waals surface area contributed by atoms with Gasteiger partial charge < -0.3 is 11.1 Å². The lowest BCUT2D eigenvalue weighted by Crippen LogP contribution is -2.39. The first-order valence-corrected chi connectivity index (χ1v) is 7.14. The number of nitrogens with one attached hydrogen (secondary N) is 3. The van der Waals surface area contributed by atoms with Crippen LogP contribution in [0.2, 0.25) is 0 Å². The minimum atomic E-state index is -0.656. The molecule has 0 bridgehead atoms. The van der Waals surface area contributed by atoms with Crippen LogP contribution < -0.4 is 21.9 Å².